The van der Waals surface area contributed by atoms with Crippen molar-refractivity contribution in [3.8, 4) is 0 Å². The van der Waals surface area contributed by atoms with Crippen molar-refractivity contribution in [2.45, 2.75) is 22.9 Å². The number of amides is 2. The number of thioether (sulfide) groups is 2. The number of carbonyl (C=O) groups excluding carboxylic acids is 2. The van der Waals surface area contributed by atoms with Gasteiger partial charge in [0.05, 0.1) is 12.1 Å². The molecule has 0 saturated carbocycles. The highest BCUT2D eigenvalue weighted by atomic mass is 32.2. The van der Waals surface area contributed by atoms with E-state index in [0.29, 0.717) is 10.6 Å². The van der Waals surface area contributed by atoms with Crippen molar-refractivity contribution in [2.75, 3.05) is 24.3 Å². The number of aromatic nitrogens is 5. The van der Waals surface area contributed by atoms with Crippen LogP contribution in [0, 0.1) is 0 Å². The molecule has 1 saturated heterocycles. The van der Waals surface area contributed by atoms with Crippen molar-refractivity contribution < 1.29 is 34.2 Å². The van der Waals surface area contributed by atoms with Crippen LogP contribution in [-0.2, 0) is 30.4 Å². The molecule has 0 unspecified atom stereocenters. The molecule has 3 aromatic rings. The lowest BCUT2D eigenvalue weighted by molar-refractivity contribution is -0.150. The van der Waals surface area contributed by atoms with Gasteiger partial charge in [-0.15, -0.1) is 34.9 Å². The van der Waals surface area contributed by atoms with Gasteiger partial charge in [0, 0.05) is 16.9 Å². The Labute approximate surface area is 236 Å². The number of hydrogen-bond donors (Lipinski definition) is 4. The number of aliphatic carboxylic acids is 2. The highest BCUT2D eigenvalue weighted by Gasteiger charge is 2.54. The second kappa shape index (κ2) is 11.1. The fourth-order valence-corrected chi connectivity index (χ4v) is 7.09. The van der Waals surface area contributed by atoms with Crippen LogP contribution < -0.4 is 11.1 Å². The molecule has 0 aliphatic carbocycles. The van der Waals surface area contributed by atoms with Crippen molar-refractivity contribution in [2.24, 2.45) is 5.16 Å². The summed E-state index contributed by atoms with van der Waals surface area (Å²) in [4.78, 5) is 67.5. The number of β-lactam (4-membered cyclic amide) rings is 1. The van der Waals surface area contributed by atoms with Gasteiger partial charge in [0.25, 0.3) is 17.6 Å². The summed E-state index contributed by atoms with van der Waals surface area (Å²) < 4.78 is 1.42. The van der Waals surface area contributed by atoms with E-state index in [1.165, 1.54) is 46.9 Å². The predicted molar refractivity (Wildman–Crippen MR) is 143 cm³/mol. The molecule has 0 spiro atoms. The van der Waals surface area contributed by atoms with Crippen LogP contribution in [0.5, 0.6) is 0 Å². The van der Waals surface area contributed by atoms with Crippen LogP contribution in [0.15, 0.2) is 39.2 Å². The third-order valence-electron chi connectivity index (χ3n) is 5.70. The predicted octanol–water partition coefficient (Wildman–Crippen LogP) is -0.328. The van der Waals surface area contributed by atoms with Crippen LogP contribution >= 0.6 is 34.9 Å². The molecule has 2 aliphatic rings. The number of thiazole rings is 1. The molecule has 1 fully saturated rings. The standard InChI is InChI=1S/C21H19N9O7S3/c1-37-28-13(10-6-40-20(22)26-10)16(33)27-14-17(34)29-15(19(35)36)8(5-39-18(14)29)4-38-11-2-9(3-12(31)32)25-21-23-7-24-30(11)21/h2,6-7,14,18H,3-5H2,1H3,(H2,22,26)(H,27,33)(H,31,32)(H,35,36)/t14-,18-/m1/s1. The zero-order chi connectivity index (χ0) is 28.6. The Hall–Kier alpha value is -4.23. The lowest BCUT2D eigenvalue weighted by Gasteiger charge is -2.49. The van der Waals surface area contributed by atoms with E-state index in [1.807, 2.05) is 0 Å². The minimum absolute atomic E-state index is 0.167. The Balaban J connectivity index is 1.34. The van der Waals surface area contributed by atoms with Gasteiger partial charge in [-0.2, -0.15) is 14.6 Å². The molecule has 5 N–H and O–H groups in total. The number of anilines is 1. The molecule has 0 bridgehead atoms. The van der Waals surface area contributed by atoms with E-state index < -0.39 is 35.2 Å². The first kappa shape index (κ1) is 27.3. The number of rotatable bonds is 10. The normalized spacial score (nSPS) is 18.9. The fourth-order valence-electron chi connectivity index (χ4n) is 4.04. The van der Waals surface area contributed by atoms with Gasteiger partial charge < -0.3 is 26.1 Å². The molecule has 0 radical (unpaired) electrons. The van der Waals surface area contributed by atoms with Gasteiger partial charge in [-0.25, -0.2) is 14.8 Å². The van der Waals surface area contributed by atoms with Crippen LogP contribution in [-0.4, -0.2) is 99.2 Å². The number of nitrogen functional groups attached to an aromatic ring is 1. The van der Waals surface area contributed by atoms with Gasteiger partial charge in [-0.3, -0.25) is 19.3 Å². The molecule has 2 amide bonds. The quantitative estimate of drug-likeness (QED) is 0.0763. The maximum Gasteiger partial charge on any atom is 0.352 e. The first-order valence-electron chi connectivity index (χ1n) is 11.3. The lowest BCUT2D eigenvalue weighted by Crippen LogP contribution is -2.71. The van der Waals surface area contributed by atoms with E-state index in [2.05, 4.69) is 30.5 Å². The minimum atomic E-state index is -1.29. The molecule has 5 rings (SSSR count). The number of nitrogens with zero attached hydrogens (tertiary/aromatic N) is 7. The maximum atomic E-state index is 13.1. The second-order valence-corrected chi connectivity index (χ2v) is 11.2. The Morgan fingerprint density at radius 2 is 2.12 bits per heavy atom. The van der Waals surface area contributed by atoms with Crippen molar-refractivity contribution in [3.05, 3.63) is 40.4 Å². The number of fused-ring (bicyclic) bond motifs is 2. The highest BCUT2D eigenvalue weighted by molar-refractivity contribution is 8.01. The molecule has 2 aliphatic heterocycles. The number of nitrogens with one attached hydrogen (secondary N) is 1. The van der Waals surface area contributed by atoms with Crippen molar-refractivity contribution in [3.63, 3.8) is 0 Å². The van der Waals surface area contributed by atoms with Crippen molar-refractivity contribution in [1.82, 2.24) is 34.8 Å². The average Bonchev–Trinajstić information content (AvgIpc) is 3.56. The Morgan fingerprint density at radius 1 is 1.32 bits per heavy atom. The Bertz CT molecular complexity index is 1600. The van der Waals surface area contributed by atoms with Gasteiger partial charge in [0.15, 0.2) is 10.8 Å². The Kier molecular flexibility index (Phi) is 7.59. The number of carbonyl (C=O) groups is 4. The van der Waals surface area contributed by atoms with Crippen LogP contribution in [0.4, 0.5) is 5.13 Å². The van der Waals surface area contributed by atoms with Crippen LogP contribution in [0.3, 0.4) is 0 Å². The minimum Gasteiger partial charge on any atom is -0.481 e. The zero-order valence-electron chi connectivity index (χ0n) is 20.4. The number of carboxylic acid groups (broad SMARTS) is 2. The SMILES string of the molecule is CON=C(C(=O)N[C@@H]1C(=O)N2C(C(=O)O)=C(CSc3cc(CC(=O)O)nc4ncnn34)CS[C@H]12)c1csc(N)n1. The molecular formula is C21H19N9O7S3. The molecule has 2 atom stereocenters. The van der Waals surface area contributed by atoms with Crippen LogP contribution in [0.2, 0.25) is 0 Å². The first-order chi connectivity index (χ1) is 19.2. The molecule has 16 nitrogen and oxygen atoms in total. The summed E-state index contributed by atoms with van der Waals surface area (Å²) in [7, 11) is 1.26. The van der Waals surface area contributed by atoms with E-state index in [9.17, 15) is 24.3 Å². The summed E-state index contributed by atoms with van der Waals surface area (Å²) in [5.74, 6) is -3.02. The van der Waals surface area contributed by atoms with Crippen LogP contribution in [0.1, 0.15) is 11.4 Å². The van der Waals surface area contributed by atoms with Crippen molar-refractivity contribution in [1.29, 1.82) is 0 Å². The second-order valence-electron chi connectivity index (χ2n) is 8.23. The van der Waals surface area contributed by atoms with E-state index in [0.717, 1.165) is 16.2 Å². The molecule has 5 heterocycles. The average molecular weight is 606 g/mol. The molecule has 19 heteroatoms. The Morgan fingerprint density at radius 3 is 2.80 bits per heavy atom. The number of oxime groups is 1. The zero-order valence-corrected chi connectivity index (χ0v) is 22.8. The van der Waals surface area contributed by atoms with Gasteiger partial charge in [-0.05, 0) is 11.6 Å². The summed E-state index contributed by atoms with van der Waals surface area (Å²) >= 11 is 3.61. The van der Waals surface area contributed by atoms with Gasteiger partial charge in [0.2, 0.25) is 0 Å². The summed E-state index contributed by atoms with van der Waals surface area (Å²) in [6.07, 6.45) is 0.957. The molecule has 40 heavy (non-hydrogen) atoms. The third-order valence-corrected chi connectivity index (χ3v) is 8.79. The monoisotopic (exact) mass is 605 g/mol. The first-order valence-corrected chi connectivity index (χ1v) is 14.2. The lowest BCUT2D eigenvalue weighted by atomic mass is 10.0. The smallest absolute Gasteiger partial charge is 0.352 e. The van der Waals surface area contributed by atoms with Gasteiger partial charge in [0.1, 0.15) is 41.3 Å². The van der Waals surface area contributed by atoms with E-state index >= 15 is 0 Å². The summed E-state index contributed by atoms with van der Waals surface area (Å²) in [5, 5.41) is 31.1. The van der Waals surface area contributed by atoms with E-state index in [-0.39, 0.29) is 51.6 Å². The maximum absolute atomic E-state index is 13.1. The number of hydrogen-bond acceptors (Lipinski definition) is 14. The van der Waals surface area contributed by atoms with E-state index in [4.69, 9.17) is 15.7 Å². The summed E-state index contributed by atoms with van der Waals surface area (Å²) in [5.41, 5.74) is 6.23. The summed E-state index contributed by atoms with van der Waals surface area (Å²) in [6, 6.07) is 0.558. The largest absolute Gasteiger partial charge is 0.481 e. The topological polar surface area (TPSA) is 228 Å². The molecule has 3 aromatic heterocycles. The molecule has 0 aromatic carbocycles. The van der Waals surface area contributed by atoms with Crippen LogP contribution in [0.25, 0.3) is 5.78 Å². The third kappa shape index (κ3) is 5.17. The number of nitrogens with two attached hydrogens (primary N) is 1. The van der Waals surface area contributed by atoms with Crippen molar-refractivity contribution >= 4 is 75.2 Å². The van der Waals surface area contributed by atoms with E-state index in [1.54, 1.807) is 6.07 Å². The van der Waals surface area contributed by atoms with Gasteiger partial charge in [-0.1, -0.05) is 5.16 Å². The molecular weight excluding hydrogens is 586 g/mol. The fraction of sp³-hybridized carbons (Fsp3) is 0.286. The van der Waals surface area contributed by atoms with Gasteiger partial charge >= 0.3 is 11.9 Å². The molecule has 208 valence electrons. The number of carboxylic acids is 2. The summed E-state index contributed by atoms with van der Waals surface area (Å²) in [6.45, 7) is 0. The highest BCUT2D eigenvalue weighted by Crippen LogP contribution is 2.41.